The van der Waals surface area contributed by atoms with E-state index in [9.17, 15) is 14.4 Å². The summed E-state index contributed by atoms with van der Waals surface area (Å²) in [5, 5.41) is 13.7. The maximum absolute atomic E-state index is 11.5. The molecule has 0 saturated heterocycles. The third-order valence-corrected chi connectivity index (χ3v) is 2.91. The second-order valence-electron chi connectivity index (χ2n) is 4.21. The predicted molar refractivity (Wildman–Crippen MR) is 68.7 cm³/mol. The van der Waals surface area contributed by atoms with E-state index in [1.807, 2.05) is 13.8 Å². The van der Waals surface area contributed by atoms with E-state index in [4.69, 9.17) is 5.11 Å². The van der Waals surface area contributed by atoms with Crippen molar-refractivity contribution in [2.45, 2.75) is 39.2 Å². The van der Waals surface area contributed by atoms with Crippen molar-refractivity contribution in [1.29, 1.82) is 0 Å². The van der Waals surface area contributed by atoms with E-state index in [0.717, 1.165) is 20.0 Å². The Labute approximate surface area is 112 Å². The summed E-state index contributed by atoms with van der Waals surface area (Å²) >= 11 is 0. The number of nitrogens with one attached hydrogen (secondary N) is 2. The minimum Gasteiger partial charge on any atom is -0.480 e. The van der Waals surface area contributed by atoms with Crippen LogP contribution in [0.5, 0.6) is 0 Å². The van der Waals surface area contributed by atoms with Gasteiger partial charge in [0.25, 0.3) is 0 Å². The summed E-state index contributed by atoms with van der Waals surface area (Å²) in [5.41, 5.74) is 0. The fourth-order valence-corrected chi connectivity index (χ4v) is 1.47. The largest absolute Gasteiger partial charge is 0.480 e. The van der Waals surface area contributed by atoms with E-state index in [2.05, 4.69) is 15.4 Å². The Bertz CT molecular complexity index is 315. The van der Waals surface area contributed by atoms with Gasteiger partial charge in [0, 0.05) is 6.54 Å². The van der Waals surface area contributed by atoms with E-state index >= 15 is 0 Å². The number of methoxy groups -OCH3 is 1. The number of aliphatic carboxylic acids is 1. The predicted octanol–water partition coefficient (Wildman–Crippen LogP) is 0.738. The lowest BCUT2D eigenvalue weighted by Gasteiger charge is -2.16. The smallest absolute Gasteiger partial charge is 0.326 e. The van der Waals surface area contributed by atoms with Crippen molar-refractivity contribution in [2.24, 2.45) is 5.92 Å². The molecule has 3 N–H and O–H groups in total. The summed E-state index contributed by atoms with van der Waals surface area (Å²) in [6, 6.07) is -1.88. The molecule has 0 aliphatic carbocycles. The summed E-state index contributed by atoms with van der Waals surface area (Å²) in [7, 11) is 1.16. The van der Waals surface area contributed by atoms with Crippen LogP contribution in [-0.4, -0.2) is 42.8 Å². The van der Waals surface area contributed by atoms with Crippen LogP contribution in [0, 0.1) is 5.92 Å². The first-order chi connectivity index (χ1) is 8.94. The molecule has 0 radical (unpaired) electrons. The average Bonchev–Trinajstić information content (AvgIpc) is 2.38. The number of carboxylic acid groups (broad SMARTS) is 1. The number of esters is 1. The number of hydrogen-bond acceptors (Lipinski definition) is 4. The molecule has 19 heavy (non-hydrogen) atoms. The molecule has 1 atom stereocenters. The molecule has 0 fully saturated rings. The fraction of sp³-hybridized carbons (Fsp3) is 0.750. The number of rotatable bonds is 8. The van der Waals surface area contributed by atoms with Crippen LogP contribution < -0.4 is 10.6 Å². The van der Waals surface area contributed by atoms with Crippen molar-refractivity contribution in [3.63, 3.8) is 0 Å². The Kier molecular flexibility index (Phi) is 8.32. The maximum atomic E-state index is 11.5. The fourth-order valence-electron chi connectivity index (χ4n) is 1.47. The zero-order chi connectivity index (χ0) is 14.8. The molecule has 7 heteroatoms. The van der Waals surface area contributed by atoms with Crippen molar-refractivity contribution in [3.05, 3.63) is 0 Å². The molecule has 0 aromatic heterocycles. The first kappa shape index (κ1) is 17.2. The average molecular weight is 274 g/mol. The molecule has 0 aromatic rings. The van der Waals surface area contributed by atoms with Crippen LogP contribution in [0.15, 0.2) is 0 Å². The number of ether oxygens (including phenoxy) is 1. The number of carboxylic acids is 1. The van der Waals surface area contributed by atoms with Gasteiger partial charge in [0.2, 0.25) is 0 Å². The van der Waals surface area contributed by atoms with Crippen LogP contribution in [0.3, 0.4) is 0 Å². The lowest BCUT2D eigenvalue weighted by atomic mass is 10.0. The Morgan fingerprint density at radius 2 is 1.79 bits per heavy atom. The topological polar surface area (TPSA) is 105 Å². The molecular weight excluding hydrogens is 252 g/mol. The van der Waals surface area contributed by atoms with E-state index in [0.29, 0.717) is 12.5 Å². The Balaban J connectivity index is 4.24. The Hall–Kier alpha value is -1.79. The molecule has 0 saturated carbocycles. The highest BCUT2D eigenvalue weighted by atomic mass is 16.5. The zero-order valence-corrected chi connectivity index (χ0v) is 11.6. The van der Waals surface area contributed by atoms with Crippen molar-refractivity contribution in [2.75, 3.05) is 13.7 Å². The highest BCUT2D eigenvalue weighted by Crippen LogP contribution is 2.04. The SMILES string of the molecule is CCC(CC)CNC(=O)N[C@@H](CC(=O)OC)C(=O)O. The summed E-state index contributed by atoms with van der Waals surface area (Å²) < 4.78 is 4.37. The third-order valence-electron chi connectivity index (χ3n) is 2.91. The number of carbonyl (C=O) groups excluding carboxylic acids is 2. The van der Waals surface area contributed by atoms with Gasteiger partial charge in [-0.1, -0.05) is 26.7 Å². The number of carbonyl (C=O) groups is 3. The van der Waals surface area contributed by atoms with Gasteiger partial charge in [-0.3, -0.25) is 4.79 Å². The molecule has 0 aliphatic rings. The van der Waals surface area contributed by atoms with Gasteiger partial charge >= 0.3 is 18.0 Å². The van der Waals surface area contributed by atoms with Gasteiger partial charge < -0.3 is 20.5 Å². The van der Waals surface area contributed by atoms with Gasteiger partial charge in [-0.25, -0.2) is 9.59 Å². The van der Waals surface area contributed by atoms with Crippen LogP contribution in [-0.2, 0) is 14.3 Å². The van der Waals surface area contributed by atoms with Gasteiger partial charge in [0.15, 0.2) is 0 Å². The van der Waals surface area contributed by atoms with Crippen molar-refractivity contribution in [1.82, 2.24) is 10.6 Å². The standard InChI is InChI=1S/C12H22N2O5/c1-4-8(5-2)7-13-12(18)14-9(11(16)17)6-10(15)19-3/h8-9H,4-7H2,1-3H3,(H,16,17)(H2,13,14,18)/t9-/m0/s1. The van der Waals surface area contributed by atoms with Gasteiger partial charge in [-0.05, 0) is 5.92 Å². The first-order valence-corrected chi connectivity index (χ1v) is 6.28. The monoisotopic (exact) mass is 274 g/mol. The molecule has 0 bridgehead atoms. The molecule has 0 rings (SSSR count). The van der Waals surface area contributed by atoms with Crippen LogP contribution in [0.2, 0.25) is 0 Å². The molecular formula is C12H22N2O5. The molecule has 0 spiro atoms. The summed E-state index contributed by atoms with van der Waals surface area (Å²) in [4.78, 5) is 33.4. The van der Waals surface area contributed by atoms with Crippen molar-refractivity contribution >= 4 is 18.0 Å². The van der Waals surface area contributed by atoms with Crippen LogP contribution in [0.1, 0.15) is 33.1 Å². The maximum Gasteiger partial charge on any atom is 0.326 e. The van der Waals surface area contributed by atoms with Crippen molar-refractivity contribution in [3.8, 4) is 0 Å². The Morgan fingerprint density at radius 3 is 2.21 bits per heavy atom. The summed E-state index contributed by atoms with van der Waals surface area (Å²) in [5.74, 6) is -1.61. The quantitative estimate of drug-likeness (QED) is 0.566. The molecule has 0 unspecified atom stereocenters. The molecule has 7 nitrogen and oxygen atoms in total. The Morgan fingerprint density at radius 1 is 1.21 bits per heavy atom. The number of hydrogen-bond donors (Lipinski definition) is 3. The lowest BCUT2D eigenvalue weighted by molar-refractivity contribution is -0.147. The van der Waals surface area contributed by atoms with E-state index in [-0.39, 0.29) is 0 Å². The van der Waals surface area contributed by atoms with E-state index < -0.39 is 30.4 Å². The summed E-state index contributed by atoms with van der Waals surface area (Å²) in [6.07, 6.45) is 1.47. The van der Waals surface area contributed by atoms with E-state index in [1.54, 1.807) is 0 Å². The second-order valence-corrected chi connectivity index (χ2v) is 4.21. The van der Waals surface area contributed by atoms with Gasteiger partial charge in [-0.15, -0.1) is 0 Å². The highest BCUT2D eigenvalue weighted by molar-refractivity contribution is 5.86. The molecule has 0 aliphatic heterocycles. The van der Waals surface area contributed by atoms with Crippen LogP contribution >= 0.6 is 0 Å². The van der Waals surface area contributed by atoms with Crippen molar-refractivity contribution < 1.29 is 24.2 Å². The minimum absolute atomic E-state index is 0.356. The van der Waals surface area contributed by atoms with E-state index in [1.165, 1.54) is 0 Å². The molecule has 110 valence electrons. The number of amides is 2. The van der Waals surface area contributed by atoms with Gasteiger partial charge in [0.05, 0.1) is 13.5 Å². The lowest BCUT2D eigenvalue weighted by Crippen LogP contribution is -2.48. The van der Waals surface area contributed by atoms with Gasteiger partial charge in [0.1, 0.15) is 6.04 Å². The highest BCUT2D eigenvalue weighted by Gasteiger charge is 2.23. The summed E-state index contributed by atoms with van der Waals surface area (Å²) in [6.45, 7) is 4.51. The molecule has 0 heterocycles. The molecule has 0 aromatic carbocycles. The third kappa shape index (κ3) is 7.28. The first-order valence-electron chi connectivity index (χ1n) is 6.28. The minimum atomic E-state index is -1.28. The normalized spacial score (nSPS) is 11.8. The van der Waals surface area contributed by atoms with Crippen LogP contribution in [0.25, 0.3) is 0 Å². The van der Waals surface area contributed by atoms with Gasteiger partial charge in [-0.2, -0.15) is 0 Å². The number of urea groups is 1. The van der Waals surface area contributed by atoms with Crippen LogP contribution in [0.4, 0.5) is 4.79 Å². The zero-order valence-electron chi connectivity index (χ0n) is 11.6. The molecule has 2 amide bonds. The second kappa shape index (κ2) is 9.18.